The van der Waals surface area contributed by atoms with Crippen LogP contribution >= 0.6 is 0 Å². The highest BCUT2D eigenvalue weighted by molar-refractivity contribution is 5.99. The average molecular weight is 832 g/mol. The Labute approximate surface area is 335 Å². The standard InChI is InChI=1S/C34H61N11O13/c1-16(2)12-20(30(54)45-26(17(3)4)32(56)40-19(33(57)58)9-5-6-10-35)41-28(52)21(13-24(47)48)42-29(53)22(14-25(49)50)43-31(55)23(15-46)44-27(51)18(36)8-7-11-39-34(37)38/h16-23,26,46H,5-15,35-36H2,1-4H3,(H,40,56)(H,41,52)(H,42,53)(H,43,55)(H,44,51)(H,45,54)(H,47,48)(H,49,50)(H,57,58)(H4,37,38,39)/t18-,19-,20-,21-,22-,23-,26-/m0/s1. The molecule has 0 saturated heterocycles. The third-order valence-corrected chi connectivity index (χ3v) is 8.29. The number of guanidine groups is 1. The van der Waals surface area contributed by atoms with E-state index in [2.05, 4.69) is 36.9 Å². The Morgan fingerprint density at radius 1 is 0.586 bits per heavy atom. The molecule has 330 valence electrons. The summed E-state index contributed by atoms with van der Waals surface area (Å²) < 4.78 is 0. The van der Waals surface area contributed by atoms with Crippen LogP contribution in [-0.4, -0.2) is 142 Å². The molecule has 58 heavy (non-hydrogen) atoms. The summed E-state index contributed by atoms with van der Waals surface area (Å²) in [7, 11) is 0. The number of hydrogen-bond donors (Lipinski definition) is 14. The summed E-state index contributed by atoms with van der Waals surface area (Å²) in [6.07, 6.45) is -0.878. The molecular weight excluding hydrogens is 770 g/mol. The Morgan fingerprint density at radius 2 is 1.05 bits per heavy atom. The molecule has 0 aromatic rings. The van der Waals surface area contributed by atoms with Crippen molar-refractivity contribution in [3.63, 3.8) is 0 Å². The quantitative estimate of drug-likeness (QED) is 0.0191. The number of aliphatic hydroxyl groups excluding tert-OH is 1. The SMILES string of the molecule is CC(C)C[C@H](NC(=O)[C@H](CC(=O)O)NC(=O)[C@H](CC(=O)O)NC(=O)[C@H](CO)NC(=O)[C@@H](N)CCCN=C(N)N)C(=O)N[C@H](C(=O)N[C@@H](CCCCN)C(=O)O)C(C)C. The smallest absolute Gasteiger partial charge is 0.326 e. The maximum atomic E-state index is 13.6. The number of amides is 6. The normalized spacial score (nSPS) is 14.6. The van der Waals surface area contributed by atoms with Gasteiger partial charge in [-0.25, -0.2) is 4.79 Å². The second-order valence-corrected chi connectivity index (χ2v) is 14.2. The summed E-state index contributed by atoms with van der Waals surface area (Å²) in [6.45, 7) is 6.00. The second kappa shape index (κ2) is 27.1. The number of rotatable bonds is 29. The van der Waals surface area contributed by atoms with Crippen molar-refractivity contribution in [2.24, 2.45) is 39.8 Å². The number of nitrogens with one attached hydrogen (secondary N) is 6. The van der Waals surface area contributed by atoms with Crippen LogP contribution in [0.15, 0.2) is 4.99 Å². The Balaban J connectivity index is 6.11. The van der Waals surface area contributed by atoms with Gasteiger partial charge in [0, 0.05) is 6.54 Å². The lowest BCUT2D eigenvalue weighted by Gasteiger charge is -2.28. The van der Waals surface area contributed by atoms with Gasteiger partial charge >= 0.3 is 17.9 Å². The molecule has 0 unspecified atom stereocenters. The summed E-state index contributed by atoms with van der Waals surface area (Å²) in [6, 6.07) is -10.8. The monoisotopic (exact) mass is 831 g/mol. The van der Waals surface area contributed by atoms with Crippen molar-refractivity contribution < 1.29 is 63.6 Å². The number of aliphatic carboxylic acids is 3. The maximum absolute atomic E-state index is 13.6. The molecular formula is C34H61N11O13. The van der Waals surface area contributed by atoms with Gasteiger partial charge in [-0.15, -0.1) is 0 Å². The highest BCUT2D eigenvalue weighted by Gasteiger charge is 2.35. The van der Waals surface area contributed by atoms with Crippen molar-refractivity contribution in [1.82, 2.24) is 31.9 Å². The summed E-state index contributed by atoms with van der Waals surface area (Å²) >= 11 is 0. The number of unbranched alkanes of at least 4 members (excludes halogenated alkanes) is 1. The van der Waals surface area contributed by atoms with Crippen molar-refractivity contribution in [2.45, 2.75) is 121 Å². The molecule has 0 aliphatic rings. The first-order chi connectivity index (χ1) is 27.0. The van der Waals surface area contributed by atoms with Crippen LogP contribution in [0, 0.1) is 11.8 Å². The van der Waals surface area contributed by atoms with Crippen LogP contribution in [0.25, 0.3) is 0 Å². The van der Waals surface area contributed by atoms with Gasteiger partial charge in [0.2, 0.25) is 35.4 Å². The highest BCUT2D eigenvalue weighted by Crippen LogP contribution is 2.11. The van der Waals surface area contributed by atoms with E-state index in [1.165, 1.54) is 0 Å². The molecule has 7 atom stereocenters. The lowest BCUT2D eigenvalue weighted by atomic mass is 9.99. The number of aliphatic hydroxyl groups is 1. The molecule has 0 aliphatic heterocycles. The first-order valence-electron chi connectivity index (χ1n) is 18.6. The Hall–Kier alpha value is -5.62. The molecule has 0 aromatic carbocycles. The van der Waals surface area contributed by atoms with Crippen LogP contribution < -0.4 is 54.8 Å². The first-order valence-corrected chi connectivity index (χ1v) is 18.6. The number of aliphatic imine (C=N–C) groups is 1. The molecule has 0 aliphatic carbocycles. The number of carboxylic acids is 3. The van der Waals surface area contributed by atoms with Crippen LogP contribution in [-0.2, 0) is 43.2 Å². The van der Waals surface area contributed by atoms with Gasteiger partial charge in [-0.05, 0) is 56.9 Å². The van der Waals surface area contributed by atoms with E-state index in [-0.39, 0.29) is 44.1 Å². The lowest BCUT2D eigenvalue weighted by molar-refractivity contribution is -0.144. The summed E-state index contributed by atoms with van der Waals surface area (Å²) in [5.41, 5.74) is 21.8. The minimum absolute atomic E-state index is 0.0551. The zero-order chi connectivity index (χ0) is 44.7. The zero-order valence-corrected chi connectivity index (χ0v) is 33.2. The van der Waals surface area contributed by atoms with E-state index in [1.807, 2.05) is 0 Å². The van der Waals surface area contributed by atoms with Crippen molar-refractivity contribution >= 4 is 59.3 Å². The van der Waals surface area contributed by atoms with E-state index in [9.17, 15) is 63.6 Å². The molecule has 24 nitrogen and oxygen atoms in total. The fraction of sp³-hybridized carbons (Fsp3) is 0.706. The van der Waals surface area contributed by atoms with Crippen LogP contribution in [0.2, 0.25) is 0 Å². The van der Waals surface area contributed by atoms with Gasteiger partial charge in [0.05, 0.1) is 25.5 Å². The van der Waals surface area contributed by atoms with Gasteiger partial charge in [-0.1, -0.05) is 27.7 Å². The van der Waals surface area contributed by atoms with E-state index in [4.69, 9.17) is 22.9 Å². The number of carbonyl (C=O) groups is 9. The fourth-order valence-electron chi connectivity index (χ4n) is 5.21. The fourth-order valence-corrected chi connectivity index (χ4v) is 5.21. The number of hydrogen-bond acceptors (Lipinski definition) is 13. The highest BCUT2D eigenvalue weighted by atomic mass is 16.4. The second-order valence-electron chi connectivity index (χ2n) is 14.2. The minimum atomic E-state index is -1.97. The van der Waals surface area contributed by atoms with Gasteiger partial charge in [0.15, 0.2) is 5.96 Å². The maximum Gasteiger partial charge on any atom is 0.326 e. The van der Waals surface area contributed by atoms with Crippen molar-refractivity contribution in [3.05, 3.63) is 0 Å². The van der Waals surface area contributed by atoms with Crippen molar-refractivity contribution in [2.75, 3.05) is 19.7 Å². The topological polar surface area (TPSA) is 423 Å². The molecule has 24 heteroatoms. The van der Waals surface area contributed by atoms with Gasteiger partial charge in [-0.2, -0.15) is 0 Å². The molecule has 0 saturated carbocycles. The molecule has 0 rings (SSSR count). The number of carboxylic acid groups (broad SMARTS) is 3. The third-order valence-electron chi connectivity index (χ3n) is 8.29. The molecule has 0 aromatic heterocycles. The molecule has 0 heterocycles. The zero-order valence-electron chi connectivity index (χ0n) is 33.2. The van der Waals surface area contributed by atoms with Crippen molar-refractivity contribution in [1.29, 1.82) is 0 Å². The van der Waals surface area contributed by atoms with Crippen LogP contribution in [0.5, 0.6) is 0 Å². The van der Waals surface area contributed by atoms with Crippen molar-refractivity contribution in [3.8, 4) is 0 Å². The summed E-state index contributed by atoms with van der Waals surface area (Å²) in [5, 5.41) is 51.9. The van der Waals surface area contributed by atoms with Gasteiger partial charge in [0.25, 0.3) is 0 Å². The number of nitrogens with two attached hydrogens (primary N) is 4. The van der Waals surface area contributed by atoms with Gasteiger partial charge < -0.3 is 75.3 Å². The van der Waals surface area contributed by atoms with E-state index in [0.717, 1.165) is 0 Å². The van der Waals surface area contributed by atoms with Gasteiger partial charge in [0.1, 0.15) is 36.3 Å². The number of nitrogens with zero attached hydrogens (tertiary/aromatic N) is 1. The summed E-state index contributed by atoms with van der Waals surface area (Å²) in [5.74, 6) is -11.9. The molecule has 0 spiro atoms. The molecule has 6 amide bonds. The predicted molar refractivity (Wildman–Crippen MR) is 206 cm³/mol. The first kappa shape index (κ1) is 52.4. The molecule has 0 bridgehead atoms. The van der Waals surface area contributed by atoms with E-state index in [1.54, 1.807) is 27.7 Å². The lowest BCUT2D eigenvalue weighted by Crippen LogP contribution is -2.61. The predicted octanol–water partition coefficient (Wildman–Crippen LogP) is -4.87. The van der Waals surface area contributed by atoms with Crippen LogP contribution in [0.3, 0.4) is 0 Å². The minimum Gasteiger partial charge on any atom is -0.481 e. The van der Waals surface area contributed by atoms with E-state index >= 15 is 0 Å². The van der Waals surface area contributed by atoms with E-state index < -0.39 is 121 Å². The van der Waals surface area contributed by atoms with Crippen LogP contribution in [0.4, 0.5) is 0 Å². The van der Waals surface area contributed by atoms with E-state index in [0.29, 0.717) is 19.4 Å². The molecule has 0 fully saturated rings. The Bertz CT molecular complexity index is 1460. The Morgan fingerprint density at radius 3 is 1.48 bits per heavy atom. The Kier molecular flexibility index (Phi) is 24.5. The average Bonchev–Trinajstić information content (AvgIpc) is 3.11. The van der Waals surface area contributed by atoms with Crippen LogP contribution in [0.1, 0.15) is 79.1 Å². The number of carbonyl (C=O) groups excluding carboxylic acids is 6. The van der Waals surface area contributed by atoms with Gasteiger partial charge in [-0.3, -0.25) is 43.3 Å². The molecule has 0 radical (unpaired) electrons. The summed E-state index contributed by atoms with van der Waals surface area (Å²) in [4.78, 5) is 118. The molecule has 18 N–H and O–H groups in total. The largest absolute Gasteiger partial charge is 0.481 e. The third kappa shape index (κ3) is 21.1.